The Kier molecular flexibility index (Phi) is 5.00. The number of aromatic nitrogens is 2. The monoisotopic (exact) mass is 391 g/mol. The van der Waals surface area contributed by atoms with E-state index in [1.165, 1.54) is 12.7 Å². The van der Waals surface area contributed by atoms with Gasteiger partial charge in [0.15, 0.2) is 0 Å². The van der Waals surface area contributed by atoms with Crippen molar-refractivity contribution < 1.29 is 9.53 Å². The van der Waals surface area contributed by atoms with Gasteiger partial charge in [0, 0.05) is 29.3 Å². The number of fused-ring (bicyclic) bond motifs is 1. The van der Waals surface area contributed by atoms with Crippen molar-refractivity contribution >= 4 is 40.0 Å². The molecular formula is C22H18ClN3O2. The summed E-state index contributed by atoms with van der Waals surface area (Å²) in [5.41, 5.74) is 3.92. The van der Waals surface area contributed by atoms with Gasteiger partial charge in [0.25, 0.3) is 0 Å². The average Bonchev–Trinajstić information content (AvgIpc) is 3.13. The molecule has 0 amide bonds. The number of carbonyl (C=O) groups excluding carboxylic acids is 1. The minimum atomic E-state index is -0.447. The number of methoxy groups -OCH3 is 1. The number of nitrogens with zero attached hydrogens (tertiary/aromatic N) is 2. The molecule has 5 nitrogen and oxygen atoms in total. The Morgan fingerprint density at radius 3 is 2.71 bits per heavy atom. The Bertz CT molecular complexity index is 1140. The first-order valence-corrected chi connectivity index (χ1v) is 9.16. The zero-order valence-corrected chi connectivity index (χ0v) is 16.0. The van der Waals surface area contributed by atoms with E-state index in [1.807, 2.05) is 36.5 Å². The minimum absolute atomic E-state index is 0.378. The lowest BCUT2D eigenvalue weighted by Gasteiger charge is -2.12. The number of rotatable bonds is 5. The molecule has 140 valence electrons. The number of halogens is 1. The van der Waals surface area contributed by atoms with E-state index in [0.29, 0.717) is 16.3 Å². The number of anilines is 2. The van der Waals surface area contributed by atoms with Crippen LogP contribution in [0.5, 0.6) is 0 Å². The summed E-state index contributed by atoms with van der Waals surface area (Å²) in [6.07, 6.45) is 3.76. The van der Waals surface area contributed by atoms with Crippen molar-refractivity contribution in [2.45, 2.75) is 6.54 Å². The van der Waals surface area contributed by atoms with Crippen LogP contribution in [0.1, 0.15) is 15.9 Å². The molecule has 4 aromatic rings. The summed E-state index contributed by atoms with van der Waals surface area (Å²) in [7, 11) is 1.35. The molecule has 6 heteroatoms. The van der Waals surface area contributed by atoms with Gasteiger partial charge < -0.3 is 14.6 Å². The standard InChI is InChI=1S/C22H18ClN3O2/c1-28-22(27)18-13-16(23)7-8-19(18)25-20-9-11-24-21-17(20)10-12-26(21)14-15-5-3-2-4-6-15/h2-13H,14H2,1H3,(H,24,25). The molecule has 28 heavy (non-hydrogen) atoms. The zero-order chi connectivity index (χ0) is 19.5. The second-order valence-corrected chi connectivity index (χ2v) is 6.77. The predicted molar refractivity (Wildman–Crippen MR) is 111 cm³/mol. The first-order chi connectivity index (χ1) is 13.7. The number of pyridine rings is 1. The SMILES string of the molecule is COC(=O)c1cc(Cl)ccc1Nc1ccnc2c1ccn2Cc1ccccc1. The molecule has 0 fully saturated rings. The van der Waals surface area contributed by atoms with Crippen LogP contribution in [0.3, 0.4) is 0 Å². The van der Waals surface area contributed by atoms with Crippen LogP contribution in [-0.2, 0) is 11.3 Å². The number of hydrogen-bond donors (Lipinski definition) is 1. The van der Waals surface area contributed by atoms with Crippen LogP contribution in [0.4, 0.5) is 11.4 Å². The Morgan fingerprint density at radius 1 is 1.11 bits per heavy atom. The summed E-state index contributed by atoms with van der Waals surface area (Å²) >= 11 is 6.05. The highest BCUT2D eigenvalue weighted by Gasteiger charge is 2.14. The van der Waals surface area contributed by atoms with E-state index in [-0.39, 0.29) is 0 Å². The highest BCUT2D eigenvalue weighted by Crippen LogP contribution is 2.29. The number of nitrogens with one attached hydrogen (secondary N) is 1. The summed E-state index contributed by atoms with van der Waals surface area (Å²) in [5, 5.41) is 4.76. The highest BCUT2D eigenvalue weighted by molar-refractivity contribution is 6.31. The third-order valence-electron chi connectivity index (χ3n) is 4.51. The smallest absolute Gasteiger partial charge is 0.340 e. The Hall–Kier alpha value is -3.31. The maximum absolute atomic E-state index is 12.1. The molecule has 0 unspecified atom stereocenters. The molecule has 0 aliphatic heterocycles. The molecule has 4 rings (SSSR count). The van der Waals surface area contributed by atoms with E-state index in [4.69, 9.17) is 16.3 Å². The van der Waals surface area contributed by atoms with Crippen LogP contribution in [0.2, 0.25) is 5.02 Å². The number of ether oxygens (including phenoxy) is 1. The van der Waals surface area contributed by atoms with E-state index in [9.17, 15) is 4.79 Å². The molecule has 2 aromatic heterocycles. The fourth-order valence-corrected chi connectivity index (χ4v) is 3.33. The third kappa shape index (κ3) is 3.57. The summed E-state index contributed by atoms with van der Waals surface area (Å²) in [6, 6.07) is 19.2. The highest BCUT2D eigenvalue weighted by atomic mass is 35.5. The van der Waals surface area contributed by atoms with E-state index in [1.54, 1.807) is 24.4 Å². The second kappa shape index (κ2) is 7.74. The van der Waals surface area contributed by atoms with E-state index >= 15 is 0 Å². The van der Waals surface area contributed by atoms with Crippen LogP contribution in [0.15, 0.2) is 73.1 Å². The van der Waals surface area contributed by atoms with Gasteiger partial charge in [-0.3, -0.25) is 0 Å². The molecule has 0 atom stereocenters. The quantitative estimate of drug-likeness (QED) is 0.471. The molecule has 0 aliphatic carbocycles. The first kappa shape index (κ1) is 18.1. The molecule has 0 radical (unpaired) electrons. The van der Waals surface area contributed by atoms with Gasteiger partial charge in [-0.15, -0.1) is 0 Å². The second-order valence-electron chi connectivity index (χ2n) is 6.33. The summed E-state index contributed by atoms with van der Waals surface area (Å²) in [6.45, 7) is 0.731. The van der Waals surface area contributed by atoms with Gasteiger partial charge in [0.05, 0.1) is 24.0 Å². The van der Waals surface area contributed by atoms with Gasteiger partial charge in [-0.25, -0.2) is 9.78 Å². The Morgan fingerprint density at radius 2 is 1.93 bits per heavy atom. The van der Waals surface area contributed by atoms with Crippen LogP contribution in [-0.4, -0.2) is 22.6 Å². The fourth-order valence-electron chi connectivity index (χ4n) is 3.16. The minimum Gasteiger partial charge on any atom is -0.465 e. The van der Waals surface area contributed by atoms with Gasteiger partial charge >= 0.3 is 5.97 Å². The van der Waals surface area contributed by atoms with Crippen LogP contribution in [0.25, 0.3) is 11.0 Å². The number of hydrogen-bond acceptors (Lipinski definition) is 4. The average molecular weight is 392 g/mol. The summed E-state index contributed by atoms with van der Waals surface area (Å²) in [5.74, 6) is -0.447. The van der Waals surface area contributed by atoms with E-state index in [2.05, 4.69) is 27.0 Å². The Labute approximate surface area is 167 Å². The molecular weight excluding hydrogens is 374 g/mol. The van der Waals surface area contributed by atoms with Gasteiger partial charge in [0.2, 0.25) is 0 Å². The van der Waals surface area contributed by atoms with Gasteiger partial charge in [-0.1, -0.05) is 41.9 Å². The molecule has 0 saturated carbocycles. The predicted octanol–water partition coefficient (Wildman–Crippen LogP) is 5.27. The van der Waals surface area contributed by atoms with Crippen molar-refractivity contribution in [2.24, 2.45) is 0 Å². The lowest BCUT2D eigenvalue weighted by atomic mass is 10.1. The Balaban J connectivity index is 1.70. The molecule has 2 aromatic carbocycles. The maximum Gasteiger partial charge on any atom is 0.340 e. The number of esters is 1. The van der Waals surface area contributed by atoms with Crippen molar-refractivity contribution in [3.8, 4) is 0 Å². The molecule has 1 N–H and O–H groups in total. The largest absolute Gasteiger partial charge is 0.465 e. The zero-order valence-electron chi connectivity index (χ0n) is 15.2. The van der Waals surface area contributed by atoms with Gasteiger partial charge in [-0.05, 0) is 35.9 Å². The topological polar surface area (TPSA) is 56.1 Å². The van der Waals surface area contributed by atoms with Crippen molar-refractivity contribution in [3.63, 3.8) is 0 Å². The van der Waals surface area contributed by atoms with Crippen LogP contribution in [0, 0.1) is 0 Å². The number of carbonyl (C=O) groups is 1. The van der Waals surface area contributed by atoms with Gasteiger partial charge in [-0.2, -0.15) is 0 Å². The van der Waals surface area contributed by atoms with Crippen molar-refractivity contribution in [3.05, 3.63) is 89.2 Å². The molecule has 2 heterocycles. The first-order valence-electron chi connectivity index (χ1n) is 8.78. The summed E-state index contributed by atoms with van der Waals surface area (Å²) < 4.78 is 6.97. The summed E-state index contributed by atoms with van der Waals surface area (Å²) in [4.78, 5) is 16.6. The molecule has 0 aliphatic rings. The lowest BCUT2D eigenvalue weighted by Crippen LogP contribution is -2.06. The number of benzene rings is 2. The molecule has 0 saturated heterocycles. The van der Waals surface area contributed by atoms with Gasteiger partial charge in [0.1, 0.15) is 5.65 Å². The van der Waals surface area contributed by atoms with Crippen molar-refractivity contribution in [1.29, 1.82) is 0 Å². The van der Waals surface area contributed by atoms with Crippen molar-refractivity contribution in [1.82, 2.24) is 9.55 Å². The van der Waals surface area contributed by atoms with E-state index < -0.39 is 5.97 Å². The molecule has 0 bridgehead atoms. The normalized spacial score (nSPS) is 10.8. The third-order valence-corrected chi connectivity index (χ3v) is 4.75. The van der Waals surface area contributed by atoms with Crippen molar-refractivity contribution in [2.75, 3.05) is 12.4 Å². The fraction of sp³-hybridized carbons (Fsp3) is 0.0909. The van der Waals surface area contributed by atoms with Crippen LogP contribution >= 0.6 is 11.6 Å². The van der Waals surface area contributed by atoms with Crippen LogP contribution < -0.4 is 5.32 Å². The maximum atomic E-state index is 12.1. The van der Waals surface area contributed by atoms with E-state index in [0.717, 1.165) is 23.3 Å². The lowest BCUT2D eigenvalue weighted by molar-refractivity contribution is 0.0602. The molecule has 0 spiro atoms.